The normalized spacial score (nSPS) is 20.2. The number of halogens is 1. The van der Waals surface area contributed by atoms with Crippen LogP contribution in [0.3, 0.4) is 0 Å². The molecule has 0 aliphatic carbocycles. The Balaban J connectivity index is 2.87. The number of benzene rings is 1. The molecule has 14 heavy (non-hydrogen) atoms. The van der Waals surface area contributed by atoms with Gasteiger partial charge < -0.3 is 4.74 Å². The van der Waals surface area contributed by atoms with Gasteiger partial charge in [0.1, 0.15) is 16.0 Å². The Labute approximate surface area is 103 Å². The highest BCUT2D eigenvalue weighted by Gasteiger charge is 2.04. The minimum atomic E-state index is -2.97. The zero-order chi connectivity index (χ0) is 17.7. The van der Waals surface area contributed by atoms with Gasteiger partial charge in [-0.15, -0.1) is 0 Å². The number of aromatic nitrogens is 2. The van der Waals surface area contributed by atoms with Gasteiger partial charge in [0.05, 0.1) is 19.4 Å². The summed E-state index contributed by atoms with van der Waals surface area (Å²) < 4.78 is 73.3. The molecule has 0 saturated heterocycles. The maximum absolute atomic E-state index is 7.92. The number of hydrogen-bond acceptors (Lipinski definition) is 2. The first-order valence-electron chi connectivity index (χ1n) is 7.97. The zero-order valence-electron chi connectivity index (χ0n) is 15.7. The lowest BCUT2D eigenvalue weighted by atomic mass is 10.3. The average molecular weight is 262 g/mol. The van der Waals surface area contributed by atoms with Crippen LogP contribution in [-0.4, -0.2) is 16.8 Å². The van der Waals surface area contributed by atoms with Crippen LogP contribution in [0.25, 0.3) is 5.69 Å². The summed E-state index contributed by atoms with van der Waals surface area (Å²) >= 11 is 2.94. The fourth-order valence-electron chi connectivity index (χ4n) is 0.860. The Kier molecular flexibility index (Phi) is 0.926. The van der Waals surface area contributed by atoms with E-state index in [9.17, 15) is 0 Å². The van der Waals surface area contributed by atoms with Gasteiger partial charge in [0.2, 0.25) is 0 Å². The van der Waals surface area contributed by atoms with E-state index in [4.69, 9.17) is 17.1 Å². The second kappa shape index (κ2) is 3.84. The molecule has 72 valence electrons. The lowest BCUT2D eigenvalue weighted by Crippen LogP contribution is -1.97. The van der Waals surface area contributed by atoms with Gasteiger partial charge in [0.15, 0.2) is 0 Å². The van der Waals surface area contributed by atoms with Crippen LogP contribution in [0.2, 0.25) is 0 Å². The summed E-state index contributed by atoms with van der Waals surface area (Å²) in [4.78, 5) is 0. The van der Waals surface area contributed by atoms with Crippen molar-refractivity contribution in [1.82, 2.24) is 9.78 Å². The van der Waals surface area contributed by atoms with Crippen molar-refractivity contribution >= 4 is 15.9 Å². The highest BCUT2D eigenvalue weighted by atomic mass is 79.9. The first-order chi connectivity index (χ1) is 10.5. The summed E-state index contributed by atoms with van der Waals surface area (Å²) in [5, 5.41) is 3.79. The highest BCUT2D eigenvalue weighted by molar-refractivity contribution is 9.10. The van der Waals surface area contributed by atoms with Gasteiger partial charge in [-0.05, 0) is 34.1 Å². The fraction of sp³-hybridized carbons (Fsp3) is 0.100. The summed E-state index contributed by atoms with van der Waals surface area (Å²) in [6.45, 7) is 0. The van der Waals surface area contributed by atoms with Gasteiger partial charge in [-0.1, -0.05) is 12.1 Å². The predicted molar refractivity (Wildman–Crippen MR) is 57.8 cm³/mol. The van der Waals surface area contributed by atoms with Gasteiger partial charge in [-0.2, -0.15) is 5.10 Å². The van der Waals surface area contributed by atoms with Crippen LogP contribution >= 0.6 is 15.9 Å². The van der Waals surface area contributed by atoms with E-state index in [2.05, 4.69) is 21.0 Å². The van der Waals surface area contributed by atoms with Crippen molar-refractivity contribution in [2.24, 2.45) is 0 Å². The highest BCUT2D eigenvalue weighted by Crippen LogP contribution is 2.21. The van der Waals surface area contributed by atoms with E-state index >= 15 is 0 Å². The topological polar surface area (TPSA) is 27.1 Å². The molecule has 0 atom stereocenters. The molecule has 1 aromatic carbocycles. The quantitative estimate of drug-likeness (QED) is 0.831. The standard InChI is InChI=1S/C10H9BrN2O/c1-14-9-5-3-2-4-8(9)13-7-6-10(11)12-13/h2-7H,1H3/i1D3,2D,3D,4D,5D,6D,7D. The molecule has 1 aromatic heterocycles. The second-order valence-electron chi connectivity index (χ2n) is 2.22. The molecule has 1 heterocycles. The molecule has 2 rings (SSSR count). The van der Waals surface area contributed by atoms with Crippen LogP contribution in [0.4, 0.5) is 0 Å². The lowest BCUT2D eigenvalue weighted by molar-refractivity contribution is 0.411. The zero-order valence-corrected chi connectivity index (χ0v) is 8.27. The molecule has 2 aromatic rings. The Hall–Kier alpha value is -1.29. The number of para-hydroxylation sites is 2. The summed E-state index contributed by atoms with van der Waals surface area (Å²) in [5.74, 6) is -0.667. The largest absolute Gasteiger partial charge is 0.494 e. The first kappa shape index (κ1) is 3.38. The van der Waals surface area contributed by atoms with Crippen molar-refractivity contribution in [1.29, 1.82) is 0 Å². The minimum Gasteiger partial charge on any atom is -0.494 e. The van der Waals surface area contributed by atoms with Crippen LogP contribution in [-0.2, 0) is 0 Å². The van der Waals surface area contributed by atoms with E-state index in [-0.39, 0.29) is 10.6 Å². The molecule has 0 aliphatic rings. The van der Waals surface area contributed by atoms with Crippen molar-refractivity contribution in [3.05, 3.63) is 41.0 Å². The van der Waals surface area contributed by atoms with Crippen molar-refractivity contribution in [2.45, 2.75) is 0 Å². The van der Waals surface area contributed by atoms with Crippen LogP contribution < -0.4 is 4.74 Å². The molecule has 0 radical (unpaired) electrons. The second-order valence-corrected chi connectivity index (χ2v) is 2.97. The summed E-state index contributed by atoms with van der Waals surface area (Å²) in [6, 6.07) is -2.98. The van der Waals surface area contributed by atoms with E-state index in [1.54, 1.807) is 0 Å². The Morgan fingerprint density at radius 1 is 1.50 bits per heavy atom. The maximum atomic E-state index is 7.92. The van der Waals surface area contributed by atoms with E-state index in [1.807, 2.05) is 0 Å². The van der Waals surface area contributed by atoms with E-state index in [0.29, 0.717) is 0 Å². The summed E-state index contributed by atoms with van der Waals surface area (Å²) in [7, 11) is -2.97. The molecular formula is C10H9BrN2O. The molecule has 0 bridgehead atoms. The number of rotatable bonds is 2. The van der Waals surface area contributed by atoms with Crippen LogP contribution in [0.15, 0.2) is 41.0 Å². The van der Waals surface area contributed by atoms with Gasteiger partial charge in [0.25, 0.3) is 0 Å². The van der Waals surface area contributed by atoms with Crippen LogP contribution in [0.1, 0.15) is 12.3 Å². The van der Waals surface area contributed by atoms with Gasteiger partial charge in [-0.25, -0.2) is 4.68 Å². The van der Waals surface area contributed by atoms with E-state index in [1.165, 1.54) is 0 Å². The number of nitrogens with zero attached hydrogens (tertiary/aromatic N) is 2. The molecule has 0 amide bonds. The number of hydrogen-bond donors (Lipinski definition) is 0. The molecule has 0 unspecified atom stereocenters. The molecule has 0 spiro atoms. The van der Waals surface area contributed by atoms with Crippen molar-refractivity contribution in [3.8, 4) is 11.4 Å². The van der Waals surface area contributed by atoms with Gasteiger partial charge >= 0.3 is 0 Å². The third-order valence-electron chi connectivity index (χ3n) is 1.40. The first-order valence-corrected chi connectivity index (χ1v) is 4.26. The Bertz CT molecular complexity index is 786. The minimum absolute atomic E-state index is 0.0326. The fourth-order valence-corrected chi connectivity index (χ4v) is 1.11. The molecule has 0 N–H and O–H groups in total. The molecular weight excluding hydrogens is 244 g/mol. The predicted octanol–water partition coefficient (Wildman–Crippen LogP) is 2.64. The third-order valence-corrected chi connectivity index (χ3v) is 1.76. The summed E-state index contributed by atoms with van der Waals surface area (Å²) in [5.41, 5.74) is -0.448. The Morgan fingerprint density at radius 3 is 3.07 bits per heavy atom. The van der Waals surface area contributed by atoms with Crippen molar-refractivity contribution in [3.63, 3.8) is 0 Å². The van der Waals surface area contributed by atoms with Crippen molar-refractivity contribution in [2.75, 3.05) is 7.04 Å². The van der Waals surface area contributed by atoms with Gasteiger partial charge in [0, 0.05) is 6.17 Å². The molecule has 0 saturated carbocycles. The van der Waals surface area contributed by atoms with E-state index in [0.717, 1.165) is 4.68 Å². The smallest absolute Gasteiger partial charge is 0.144 e. The average Bonchev–Trinajstić information content (AvgIpc) is 2.69. The number of ether oxygens (including phenoxy) is 1. The number of methoxy groups -OCH3 is 1. The Morgan fingerprint density at radius 2 is 2.36 bits per heavy atom. The van der Waals surface area contributed by atoms with Crippen LogP contribution in [0, 0.1) is 0 Å². The molecule has 0 aliphatic heterocycles. The van der Waals surface area contributed by atoms with E-state index < -0.39 is 48.8 Å². The molecule has 0 fully saturated rings. The third kappa shape index (κ3) is 1.65. The molecule has 4 heteroatoms. The van der Waals surface area contributed by atoms with Crippen LogP contribution in [0.5, 0.6) is 5.75 Å². The maximum Gasteiger partial charge on any atom is 0.144 e. The monoisotopic (exact) mass is 261 g/mol. The van der Waals surface area contributed by atoms with Gasteiger partial charge in [-0.3, -0.25) is 0 Å². The molecule has 3 nitrogen and oxygen atoms in total. The van der Waals surface area contributed by atoms with Crippen molar-refractivity contribution < 1.29 is 17.1 Å². The lowest BCUT2D eigenvalue weighted by Gasteiger charge is -2.06. The summed E-state index contributed by atoms with van der Waals surface area (Å²) in [6.07, 6.45) is -0.489. The SMILES string of the molecule is [2H]c1c([2H])c([2H])c(-n2nc(Br)c([2H])c2[2H])c(OC([2H])([2H])[2H])c1[2H].